The summed E-state index contributed by atoms with van der Waals surface area (Å²) >= 11 is 0. The summed E-state index contributed by atoms with van der Waals surface area (Å²) in [5.74, 6) is 0. The van der Waals surface area contributed by atoms with Crippen LogP contribution in [-0.2, 0) is 11.2 Å². The standard InChI is InChI=1S/C15H17NO/c1-3-5-14(4-2)15-8-6-13(7-9-15)10-11-16-12-17/h3-9,12H,1-2,10-11H2,(H,16,17)/b14-5+. The number of nitrogens with one attached hydrogen (secondary N) is 1. The molecule has 1 aromatic carbocycles. The van der Waals surface area contributed by atoms with Gasteiger partial charge in [-0.15, -0.1) is 0 Å². The van der Waals surface area contributed by atoms with Gasteiger partial charge in [0.25, 0.3) is 0 Å². The van der Waals surface area contributed by atoms with Crippen LogP contribution in [-0.4, -0.2) is 13.0 Å². The molecule has 17 heavy (non-hydrogen) atoms. The molecule has 1 rings (SSSR count). The van der Waals surface area contributed by atoms with E-state index < -0.39 is 0 Å². The smallest absolute Gasteiger partial charge is 0.207 e. The molecule has 0 unspecified atom stereocenters. The van der Waals surface area contributed by atoms with E-state index in [2.05, 4.69) is 30.6 Å². The molecule has 1 amide bonds. The molecule has 0 saturated carbocycles. The fourth-order valence-corrected chi connectivity index (χ4v) is 1.55. The number of hydrogen-bond donors (Lipinski definition) is 1. The number of allylic oxidation sites excluding steroid dienone is 4. The van der Waals surface area contributed by atoms with E-state index in [9.17, 15) is 4.79 Å². The van der Waals surface area contributed by atoms with Crippen molar-refractivity contribution in [1.82, 2.24) is 5.32 Å². The average molecular weight is 227 g/mol. The number of hydrogen-bond acceptors (Lipinski definition) is 1. The highest BCUT2D eigenvalue weighted by Gasteiger charge is 1.97. The summed E-state index contributed by atoms with van der Waals surface area (Å²) in [5, 5.41) is 2.64. The first kappa shape index (κ1) is 13.0. The second kappa shape index (κ2) is 7.23. The summed E-state index contributed by atoms with van der Waals surface area (Å²) in [5.41, 5.74) is 3.37. The van der Waals surface area contributed by atoms with Crippen molar-refractivity contribution in [3.05, 3.63) is 66.8 Å². The van der Waals surface area contributed by atoms with Crippen molar-refractivity contribution in [2.45, 2.75) is 6.42 Å². The third kappa shape index (κ3) is 4.11. The van der Waals surface area contributed by atoms with Crippen LogP contribution in [0.25, 0.3) is 5.57 Å². The molecule has 0 spiro atoms. The van der Waals surface area contributed by atoms with Crippen LogP contribution in [0, 0.1) is 0 Å². The molecule has 0 aliphatic heterocycles. The van der Waals surface area contributed by atoms with Gasteiger partial charge in [0.1, 0.15) is 0 Å². The zero-order chi connectivity index (χ0) is 12.5. The number of amides is 1. The highest BCUT2D eigenvalue weighted by atomic mass is 16.1. The molecule has 0 aromatic heterocycles. The lowest BCUT2D eigenvalue weighted by Crippen LogP contribution is -2.14. The van der Waals surface area contributed by atoms with E-state index >= 15 is 0 Å². The molecular formula is C15H17NO. The Morgan fingerprint density at radius 1 is 1.24 bits per heavy atom. The Kier molecular flexibility index (Phi) is 5.52. The molecule has 0 aliphatic rings. The lowest BCUT2D eigenvalue weighted by molar-refractivity contribution is -0.109. The molecule has 0 atom stereocenters. The van der Waals surface area contributed by atoms with Crippen LogP contribution >= 0.6 is 0 Å². The molecule has 1 aromatic rings. The number of carbonyl (C=O) groups is 1. The Bertz CT molecular complexity index is 415. The van der Waals surface area contributed by atoms with E-state index in [-0.39, 0.29) is 0 Å². The van der Waals surface area contributed by atoms with Gasteiger partial charge in [-0.25, -0.2) is 0 Å². The van der Waals surface area contributed by atoms with Crippen LogP contribution in [0.1, 0.15) is 11.1 Å². The van der Waals surface area contributed by atoms with Gasteiger partial charge < -0.3 is 5.32 Å². The predicted molar refractivity (Wildman–Crippen MR) is 72.6 cm³/mol. The van der Waals surface area contributed by atoms with Crippen molar-refractivity contribution in [1.29, 1.82) is 0 Å². The summed E-state index contributed by atoms with van der Waals surface area (Å²) in [7, 11) is 0. The molecule has 1 N–H and O–H groups in total. The van der Waals surface area contributed by atoms with Crippen molar-refractivity contribution < 1.29 is 4.79 Å². The molecule has 88 valence electrons. The van der Waals surface area contributed by atoms with Crippen molar-refractivity contribution in [3.63, 3.8) is 0 Å². The minimum Gasteiger partial charge on any atom is -0.358 e. The van der Waals surface area contributed by atoms with Gasteiger partial charge in [0.15, 0.2) is 0 Å². The Hall–Kier alpha value is -2.09. The van der Waals surface area contributed by atoms with Gasteiger partial charge >= 0.3 is 0 Å². The minimum absolute atomic E-state index is 0.666. The largest absolute Gasteiger partial charge is 0.358 e. The number of carbonyl (C=O) groups excluding carboxylic acids is 1. The highest BCUT2D eigenvalue weighted by molar-refractivity contribution is 5.74. The summed E-state index contributed by atoms with van der Waals surface area (Å²) < 4.78 is 0. The molecule has 0 bridgehead atoms. The molecule has 0 fully saturated rings. The van der Waals surface area contributed by atoms with Crippen LogP contribution in [0.3, 0.4) is 0 Å². The molecule has 0 saturated heterocycles. The van der Waals surface area contributed by atoms with E-state index in [1.54, 1.807) is 6.08 Å². The molecule has 0 radical (unpaired) electrons. The minimum atomic E-state index is 0.666. The zero-order valence-electron chi connectivity index (χ0n) is 9.86. The van der Waals surface area contributed by atoms with Crippen LogP contribution in [0.5, 0.6) is 0 Å². The SMILES string of the molecule is C=C/C=C(\C=C)c1ccc(CCNC=O)cc1. The fraction of sp³-hybridized carbons (Fsp3) is 0.133. The average Bonchev–Trinajstić information content (AvgIpc) is 2.37. The third-order valence-corrected chi connectivity index (χ3v) is 2.45. The molecule has 2 heteroatoms. The van der Waals surface area contributed by atoms with Gasteiger partial charge in [0.2, 0.25) is 6.41 Å². The second-order valence-corrected chi connectivity index (χ2v) is 3.58. The maximum absolute atomic E-state index is 10.1. The normalized spacial score (nSPS) is 10.7. The summed E-state index contributed by atoms with van der Waals surface area (Å²) in [4.78, 5) is 10.1. The number of benzene rings is 1. The lowest BCUT2D eigenvalue weighted by Gasteiger charge is -2.04. The van der Waals surface area contributed by atoms with E-state index in [0.29, 0.717) is 6.54 Å². The zero-order valence-corrected chi connectivity index (χ0v) is 9.86. The Morgan fingerprint density at radius 2 is 1.94 bits per heavy atom. The van der Waals surface area contributed by atoms with E-state index in [4.69, 9.17) is 0 Å². The summed E-state index contributed by atoms with van der Waals surface area (Å²) in [6, 6.07) is 8.21. The van der Waals surface area contributed by atoms with Gasteiger partial charge in [0.05, 0.1) is 0 Å². The number of rotatable bonds is 7. The summed E-state index contributed by atoms with van der Waals surface area (Å²) in [6.45, 7) is 8.12. The second-order valence-electron chi connectivity index (χ2n) is 3.58. The topological polar surface area (TPSA) is 29.1 Å². The van der Waals surface area contributed by atoms with Crippen molar-refractivity contribution in [3.8, 4) is 0 Å². The molecular weight excluding hydrogens is 210 g/mol. The predicted octanol–water partition coefficient (Wildman–Crippen LogP) is 2.73. The van der Waals surface area contributed by atoms with E-state index in [1.807, 2.05) is 24.3 Å². The first-order valence-corrected chi connectivity index (χ1v) is 5.53. The van der Waals surface area contributed by atoms with Gasteiger partial charge in [-0.2, -0.15) is 0 Å². The van der Waals surface area contributed by atoms with E-state index in [0.717, 1.165) is 24.0 Å². The van der Waals surface area contributed by atoms with Crippen molar-refractivity contribution >= 4 is 12.0 Å². The Morgan fingerprint density at radius 3 is 2.47 bits per heavy atom. The van der Waals surface area contributed by atoms with Crippen LogP contribution in [0.4, 0.5) is 0 Å². The fourth-order valence-electron chi connectivity index (χ4n) is 1.55. The summed E-state index contributed by atoms with van der Waals surface area (Å²) in [6.07, 6.45) is 7.05. The van der Waals surface area contributed by atoms with Crippen molar-refractivity contribution in [2.24, 2.45) is 0 Å². The van der Waals surface area contributed by atoms with Crippen LogP contribution in [0.15, 0.2) is 55.7 Å². The highest BCUT2D eigenvalue weighted by Crippen LogP contribution is 2.16. The monoisotopic (exact) mass is 227 g/mol. The van der Waals surface area contributed by atoms with Crippen LogP contribution < -0.4 is 5.32 Å². The quantitative estimate of drug-likeness (QED) is 0.433. The third-order valence-electron chi connectivity index (χ3n) is 2.45. The maximum atomic E-state index is 10.1. The van der Waals surface area contributed by atoms with Gasteiger partial charge in [-0.1, -0.05) is 55.7 Å². The molecule has 2 nitrogen and oxygen atoms in total. The van der Waals surface area contributed by atoms with Crippen molar-refractivity contribution in [2.75, 3.05) is 6.54 Å². The Balaban J connectivity index is 2.73. The lowest BCUT2D eigenvalue weighted by atomic mass is 10.0. The van der Waals surface area contributed by atoms with Gasteiger partial charge in [-0.05, 0) is 23.1 Å². The van der Waals surface area contributed by atoms with E-state index in [1.165, 1.54) is 5.56 Å². The Labute approximate surface area is 102 Å². The van der Waals surface area contributed by atoms with Gasteiger partial charge in [-0.3, -0.25) is 4.79 Å². The van der Waals surface area contributed by atoms with Gasteiger partial charge in [0, 0.05) is 6.54 Å². The van der Waals surface area contributed by atoms with Crippen LogP contribution in [0.2, 0.25) is 0 Å². The first-order chi connectivity index (χ1) is 8.31. The maximum Gasteiger partial charge on any atom is 0.207 e. The molecule has 0 heterocycles. The first-order valence-electron chi connectivity index (χ1n) is 5.53. The molecule has 0 aliphatic carbocycles.